The minimum absolute atomic E-state index is 0.214. The highest BCUT2D eigenvalue weighted by Gasteiger charge is 2.10. The molecule has 0 radical (unpaired) electrons. The third kappa shape index (κ3) is 4.85. The molecule has 5 nitrogen and oxygen atoms in total. The zero-order valence-corrected chi connectivity index (χ0v) is 15.9. The Bertz CT molecular complexity index is 963. The fraction of sp³-hybridized carbons (Fsp3) is 0.182. The number of hydrogen-bond acceptors (Lipinski definition) is 3. The summed E-state index contributed by atoms with van der Waals surface area (Å²) in [6.07, 6.45) is 3.26. The Morgan fingerprint density at radius 3 is 2.57 bits per heavy atom. The molecule has 2 aromatic carbocycles. The molecule has 3 rings (SSSR count). The van der Waals surface area contributed by atoms with Crippen molar-refractivity contribution >= 4 is 12.0 Å². The quantitative estimate of drug-likeness (QED) is 0.501. The minimum atomic E-state index is -0.313. The summed E-state index contributed by atoms with van der Waals surface area (Å²) in [5.74, 6) is 0.0340. The van der Waals surface area contributed by atoms with Crippen molar-refractivity contribution < 1.29 is 13.9 Å². The van der Waals surface area contributed by atoms with Crippen LogP contribution in [0.25, 0.3) is 11.8 Å². The molecular weight excluding hydrogens is 357 g/mol. The van der Waals surface area contributed by atoms with Gasteiger partial charge in [-0.25, -0.2) is 9.07 Å². The van der Waals surface area contributed by atoms with Gasteiger partial charge in [-0.05, 0) is 56.3 Å². The summed E-state index contributed by atoms with van der Waals surface area (Å²) in [7, 11) is 0. The minimum Gasteiger partial charge on any atom is -0.492 e. The van der Waals surface area contributed by atoms with Crippen LogP contribution in [0.5, 0.6) is 5.75 Å². The maximum Gasteiger partial charge on any atom is 0.244 e. The first-order valence-electron chi connectivity index (χ1n) is 9.00. The van der Waals surface area contributed by atoms with Crippen molar-refractivity contribution in [3.8, 4) is 11.4 Å². The molecule has 0 unspecified atom stereocenters. The van der Waals surface area contributed by atoms with Crippen LogP contribution < -0.4 is 10.1 Å². The maximum absolute atomic E-state index is 12.8. The third-order valence-corrected chi connectivity index (χ3v) is 4.23. The number of carbonyl (C=O) groups is 1. The second kappa shape index (κ2) is 8.99. The summed E-state index contributed by atoms with van der Waals surface area (Å²) in [4.78, 5) is 12.0. The molecule has 1 amide bonds. The van der Waals surface area contributed by atoms with Crippen LogP contribution in [0.2, 0.25) is 0 Å². The number of benzene rings is 2. The van der Waals surface area contributed by atoms with E-state index >= 15 is 0 Å². The van der Waals surface area contributed by atoms with Crippen LogP contribution in [0.4, 0.5) is 4.39 Å². The SMILES string of the molecule is Cc1nn(-c2ccccc2)c(C)c1/C=C/C(=O)NCCOc1ccc(F)cc1. The summed E-state index contributed by atoms with van der Waals surface area (Å²) in [5.41, 5.74) is 3.71. The molecule has 1 heterocycles. The second-order valence-electron chi connectivity index (χ2n) is 6.26. The van der Waals surface area contributed by atoms with Crippen LogP contribution in [-0.4, -0.2) is 28.8 Å². The molecule has 0 saturated heterocycles. The molecule has 0 aliphatic rings. The monoisotopic (exact) mass is 379 g/mol. The number of ether oxygens (including phenoxy) is 1. The summed E-state index contributed by atoms with van der Waals surface area (Å²) < 4.78 is 20.1. The lowest BCUT2D eigenvalue weighted by atomic mass is 10.2. The van der Waals surface area contributed by atoms with Crippen molar-refractivity contribution in [2.75, 3.05) is 13.2 Å². The summed E-state index contributed by atoms with van der Waals surface area (Å²) in [6, 6.07) is 15.6. The second-order valence-corrected chi connectivity index (χ2v) is 6.26. The van der Waals surface area contributed by atoms with Gasteiger partial charge in [0.2, 0.25) is 5.91 Å². The number of carbonyl (C=O) groups excluding carboxylic acids is 1. The lowest BCUT2D eigenvalue weighted by Gasteiger charge is -2.06. The fourth-order valence-electron chi connectivity index (χ4n) is 2.81. The lowest BCUT2D eigenvalue weighted by molar-refractivity contribution is -0.116. The van der Waals surface area contributed by atoms with E-state index in [0.717, 1.165) is 22.6 Å². The first kappa shape index (κ1) is 19.4. The predicted molar refractivity (Wildman–Crippen MR) is 107 cm³/mol. The predicted octanol–water partition coefficient (Wildman–Crippen LogP) is 3.84. The molecule has 3 aromatic rings. The molecule has 0 bridgehead atoms. The van der Waals surface area contributed by atoms with Crippen LogP contribution in [0.15, 0.2) is 60.7 Å². The Morgan fingerprint density at radius 2 is 1.86 bits per heavy atom. The van der Waals surface area contributed by atoms with Crippen molar-refractivity contribution in [2.24, 2.45) is 0 Å². The summed E-state index contributed by atoms with van der Waals surface area (Å²) in [5, 5.41) is 7.32. The third-order valence-electron chi connectivity index (χ3n) is 4.23. The Labute approximate surface area is 163 Å². The Hall–Kier alpha value is -3.41. The molecule has 0 atom stereocenters. The number of hydrogen-bond donors (Lipinski definition) is 1. The fourth-order valence-corrected chi connectivity index (χ4v) is 2.81. The molecule has 1 aromatic heterocycles. The van der Waals surface area contributed by atoms with Gasteiger partial charge in [0, 0.05) is 17.3 Å². The summed E-state index contributed by atoms with van der Waals surface area (Å²) >= 11 is 0. The van der Waals surface area contributed by atoms with E-state index in [1.54, 1.807) is 18.2 Å². The van der Waals surface area contributed by atoms with E-state index in [4.69, 9.17) is 4.74 Å². The van der Waals surface area contributed by atoms with Gasteiger partial charge in [-0.2, -0.15) is 5.10 Å². The molecule has 28 heavy (non-hydrogen) atoms. The summed E-state index contributed by atoms with van der Waals surface area (Å²) in [6.45, 7) is 4.54. The van der Waals surface area contributed by atoms with Crippen LogP contribution in [0.1, 0.15) is 17.0 Å². The first-order chi connectivity index (χ1) is 13.5. The Kier molecular flexibility index (Phi) is 6.22. The number of amides is 1. The van der Waals surface area contributed by atoms with E-state index in [9.17, 15) is 9.18 Å². The van der Waals surface area contributed by atoms with Gasteiger partial charge in [-0.1, -0.05) is 18.2 Å². The van der Waals surface area contributed by atoms with Crippen LogP contribution in [0.3, 0.4) is 0 Å². The Morgan fingerprint density at radius 1 is 1.14 bits per heavy atom. The van der Waals surface area contributed by atoms with Gasteiger partial charge in [0.25, 0.3) is 0 Å². The van der Waals surface area contributed by atoms with E-state index < -0.39 is 0 Å². The molecule has 0 aliphatic carbocycles. The molecule has 0 aliphatic heterocycles. The van der Waals surface area contributed by atoms with E-state index in [0.29, 0.717) is 18.9 Å². The van der Waals surface area contributed by atoms with Crippen molar-refractivity contribution in [3.63, 3.8) is 0 Å². The van der Waals surface area contributed by atoms with E-state index in [2.05, 4.69) is 10.4 Å². The van der Waals surface area contributed by atoms with Gasteiger partial charge < -0.3 is 10.1 Å². The van der Waals surface area contributed by atoms with Gasteiger partial charge in [0.1, 0.15) is 18.2 Å². The molecule has 0 spiro atoms. The van der Waals surface area contributed by atoms with Gasteiger partial charge in [0.15, 0.2) is 0 Å². The number of rotatable bonds is 7. The number of aromatic nitrogens is 2. The zero-order valence-electron chi connectivity index (χ0n) is 15.9. The molecule has 6 heteroatoms. The molecule has 144 valence electrons. The van der Waals surface area contributed by atoms with Crippen LogP contribution >= 0.6 is 0 Å². The van der Waals surface area contributed by atoms with E-state index in [1.165, 1.54) is 18.2 Å². The van der Waals surface area contributed by atoms with Crippen molar-refractivity contribution in [1.29, 1.82) is 0 Å². The highest BCUT2D eigenvalue weighted by atomic mass is 19.1. The Balaban J connectivity index is 1.54. The maximum atomic E-state index is 12.8. The number of nitrogens with zero attached hydrogens (tertiary/aromatic N) is 2. The first-order valence-corrected chi connectivity index (χ1v) is 9.00. The van der Waals surface area contributed by atoms with Crippen molar-refractivity contribution in [2.45, 2.75) is 13.8 Å². The zero-order chi connectivity index (χ0) is 19.9. The molecule has 0 saturated carbocycles. The van der Waals surface area contributed by atoms with Crippen molar-refractivity contribution in [3.05, 3.63) is 83.4 Å². The lowest BCUT2D eigenvalue weighted by Crippen LogP contribution is -2.26. The number of halogens is 1. The average Bonchev–Trinajstić information content (AvgIpc) is 2.99. The van der Waals surface area contributed by atoms with Crippen LogP contribution in [-0.2, 0) is 4.79 Å². The van der Waals surface area contributed by atoms with Crippen molar-refractivity contribution in [1.82, 2.24) is 15.1 Å². The van der Waals surface area contributed by atoms with Gasteiger partial charge >= 0.3 is 0 Å². The van der Waals surface area contributed by atoms with Crippen LogP contribution in [0, 0.1) is 19.7 Å². The molecule has 0 fully saturated rings. The largest absolute Gasteiger partial charge is 0.492 e. The van der Waals surface area contributed by atoms with Gasteiger partial charge in [-0.15, -0.1) is 0 Å². The van der Waals surface area contributed by atoms with Gasteiger partial charge in [-0.3, -0.25) is 4.79 Å². The smallest absolute Gasteiger partial charge is 0.244 e. The van der Waals surface area contributed by atoms with E-state index in [-0.39, 0.29) is 11.7 Å². The highest BCUT2D eigenvalue weighted by molar-refractivity contribution is 5.92. The van der Waals surface area contributed by atoms with E-state index in [1.807, 2.05) is 48.9 Å². The molecular formula is C22H22FN3O2. The highest BCUT2D eigenvalue weighted by Crippen LogP contribution is 2.19. The van der Waals surface area contributed by atoms with Gasteiger partial charge in [0.05, 0.1) is 17.9 Å². The number of aryl methyl sites for hydroxylation is 1. The topological polar surface area (TPSA) is 56.2 Å². The average molecular weight is 379 g/mol. The standard InChI is InChI=1S/C22H22FN3O2/c1-16-21(17(2)26(25-16)19-6-4-3-5-7-19)12-13-22(27)24-14-15-28-20-10-8-18(23)9-11-20/h3-13H,14-15H2,1-2H3,(H,24,27)/b13-12+. The normalized spacial score (nSPS) is 11.0. The number of nitrogens with one attached hydrogen (secondary N) is 1. The molecule has 1 N–H and O–H groups in total. The number of para-hydroxylation sites is 1.